The van der Waals surface area contributed by atoms with Crippen LogP contribution >= 0.6 is 11.3 Å². The molecule has 1 aromatic carbocycles. The number of fused-ring (bicyclic) bond motifs is 2. The summed E-state index contributed by atoms with van der Waals surface area (Å²) in [6.45, 7) is 6.51. The Morgan fingerprint density at radius 3 is 2.72 bits per heavy atom. The Balaban J connectivity index is 1.97. The van der Waals surface area contributed by atoms with Gasteiger partial charge in [-0.05, 0) is 25.0 Å². The van der Waals surface area contributed by atoms with Crippen LogP contribution in [0.25, 0.3) is 26.3 Å². The summed E-state index contributed by atoms with van der Waals surface area (Å²) in [5.74, 6) is 0.319. The van der Waals surface area contributed by atoms with E-state index in [1.807, 2.05) is 45.0 Å². The number of pyridine rings is 1. The molecule has 128 valence electrons. The maximum absolute atomic E-state index is 13.0. The summed E-state index contributed by atoms with van der Waals surface area (Å²) in [6, 6.07) is 9.25. The lowest BCUT2D eigenvalue weighted by molar-refractivity contribution is 0.504. The lowest BCUT2D eigenvalue weighted by Crippen LogP contribution is -2.25. The van der Waals surface area contributed by atoms with Crippen molar-refractivity contribution in [2.45, 2.75) is 27.3 Å². The Morgan fingerprint density at radius 2 is 2.00 bits per heavy atom. The van der Waals surface area contributed by atoms with Crippen LogP contribution < -0.4 is 11.1 Å². The Bertz CT molecular complexity index is 1180. The van der Waals surface area contributed by atoms with E-state index in [0.717, 1.165) is 10.2 Å². The number of aryl methyl sites for hydroxylation is 1. The first-order valence-electron chi connectivity index (χ1n) is 8.17. The van der Waals surface area contributed by atoms with Crippen LogP contribution in [0.4, 0.5) is 0 Å². The fourth-order valence-electron chi connectivity index (χ4n) is 3.09. The largest absolute Gasteiger partial charge is 0.312 e. The predicted octanol–water partition coefficient (Wildman–Crippen LogP) is 3.05. The molecule has 4 rings (SSSR count). The van der Waals surface area contributed by atoms with Gasteiger partial charge in [0.15, 0.2) is 0 Å². The molecule has 25 heavy (non-hydrogen) atoms. The molecule has 0 atom stereocenters. The van der Waals surface area contributed by atoms with Gasteiger partial charge in [-0.3, -0.25) is 14.7 Å². The van der Waals surface area contributed by atoms with Gasteiger partial charge in [-0.1, -0.05) is 37.3 Å². The standard InChI is InChI=1S/C18H18N4O2S/c1-10(2)9-21-11(3)16-13(8-15(21)23)20-22(17(16)24)18-19-12-6-4-5-7-14(12)25-18/h4-8,10,20H,9H2,1-3H3. The van der Waals surface area contributed by atoms with Gasteiger partial charge < -0.3 is 4.57 Å². The van der Waals surface area contributed by atoms with E-state index in [2.05, 4.69) is 10.1 Å². The summed E-state index contributed by atoms with van der Waals surface area (Å²) >= 11 is 1.44. The van der Waals surface area contributed by atoms with E-state index in [1.165, 1.54) is 22.1 Å². The van der Waals surface area contributed by atoms with Gasteiger partial charge in [0.25, 0.3) is 11.1 Å². The van der Waals surface area contributed by atoms with Gasteiger partial charge >= 0.3 is 0 Å². The second-order valence-electron chi connectivity index (χ2n) is 6.58. The molecule has 3 heterocycles. The van der Waals surface area contributed by atoms with Gasteiger partial charge in [0, 0.05) is 18.3 Å². The topological polar surface area (TPSA) is 72.7 Å². The lowest BCUT2D eigenvalue weighted by Gasteiger charge is -2.12. The average molecular weight is 354 g/mol. The minimum absolute atomic E-state index is 0.101. The van der Waals surface area contributed by atoms with Crippen molar-refractivity contribution >= 4 is 32.5 Å². The van der Waals surface area contributed by atoms with Crippen LogP contribution in [-0.2, 0) is 6.54 Å². The summed E-state index contributed by atoms with van der Waals surface area (Å²) in [4.78, 5) is 29.9. The molecule has 3 aromatic heterocycles. The van der Waals surface area contributed by atoms with E-state index in [4.69, 9.17) is 0 Å². The Hall–Kier alpha value is -2.67. The fourth-order valence-corrected chi connectivity index (χ4v) is 4.02. The van der Waals surface area contributed by atoms with E-state index in [-0.39, 0.29) is 11.1 Å². The van der Waals surface area contributed by atoms with Crippen molar-refractivity contribution in [3.63, 3.8) is 0 Å². The first kappa shape index (κ1) is 15.8. The van der Waals surface area contributed by atoms with Crippen molar-refractivity contribution in [3.8, 4) is 5.13 Å². The predicted molar refractivity (Wildman–Crippen MR) is 101 cm³/mol. The quantitative estimate of drug-likeness (QED) is 0.614. The molecule has 0 saturated carbocycles. The zero-order valence-corrected chi connectivity index (χ0v) is 15.1. The SMILES string of the molecule is Cc1c2c(=O)n(-c3nc4ccccc4s3)[nH]c2cc(=O)n1CC(C)C. The third-order valence-corrected chi connectivity index (χ3v) is 5.26. The number of hydrogen-bond acceptors (Lipinski definition) is 4. The summed E-state index contributed by atoms with van der Waals surface area (Å²) in [5, 5.41) is 4.16. The van der Waals surface area contributed by atoms with Gasteiger partial charge in [0.2, 0.25) is 5.13 Å². The molecule has 1 N–H and O–H groups in total. The number of para-hydroxylation sites is 1. The number of rotatable bonds is 3. The van der Waals surface area contributed by atoms with Gasteiger partial charge in [0.1, 0.15) is 0 Å². The molecule has 0 spiro atoms. The van der Waals surface area contributed by atoms with Crippen molar-refractivity contribution in [2.24, 2.45) is 5.92 Å². The second kappa shape index (κ2) is 5.70. The first-order valence-corrected chi connectivity index (χ1v) is 8.98. The van der Waals surface area contributed by atoms with Crippen LogP contribution in [0.2, 0.25) is 0 Å². The molecule has 7 heteroatoms. The Labute approximate surface area is 147 Å². The maximum atomic E-state index is 13.0. The van der Waals surface area contributed by atoms with Crippen molar-refractivity contribution in [2.75, 3.05) is 0 Å². The van der Waals surface area contributed by atoms with Crippen LogP contribution in [0.15, 0.2) is 39.9 Å². The number of thiazole rings is 1. The molecule has 0 aliphatic carbocycles. The maximum Gasteiger partial charge on any atom is 0.282 e. The lowest BCUT2D eigenvalue weighted by atomic mass is 10.2. The number of aromatic nitrogens is 4. The van der Waals surface area contributed by atoms with Gasteiger partial charge in [-0.15, -0.1) is 0 Å². The Kier molecular flexibility index (Phi) is 3.61. The molecule has 0 aliphatic rings. The molecule has 0 aliphatic heterocycles. The Morgan fingerprint density at radius 1 is 1.24 bits per heavy atom. The molecule has 0 amide bonds. The fraction of sp³-hybridized carbons (Fsp3) is 0.278. The van der Waals surface area contributed by atoms with E-state index in [1.54, 1.807) is 4.57 Å². The van der Waals surface area contributed by atoms with Crippen LogP contribution in [0.5, 0.6) is 0 Å². The van der Waals surface area contributed by atoms with Crippen molar-refractivity contribution in [1.82, 2.24) is 19.3 Å². The number of nitrogens with zero attached hydrogens (tertiary/aromatic N) is 3. The smallest absolute Gasteiger partial charge is 0.282 e. The van der Waals surface area contributed by atoms with Crippen molar-refractivity contribution in [1.29, 1.82) is 0 Å². The minimum Gasteiger partial charge on any atom is -0.312 e. The molecule has 0 fully saturated rings. The van der Waals surface area contributed by atoms with E-state index in [9.17, 15) is 9.59 Å². The van der Waals surface area contributed by atoms with Crippen LogP contribution in [0, 0.1) is 12.8 Å². The molecular formula is C18H18N4O2S. The van der Waals surface area contributed by atoms with Crippen molar-refractivity contribution < 1.29 is 0 Å². The van der Waals surface area contributed by atoms with Gasteiger partial charge in [-0.25, -0.2) is 4.98 Å². The van der Waals surface area contributed by atoms with Crippen LogP contribution in [0.3, 0.4) is 0 Å². The van der Waals surface area contributed by atoms with Crippen LogP contribution in [-0.4, -0.2) is 19.3 Å². The molecule has 0 saturated heterocycles. The molecule has 6 nitrogen and oxygen atoms in total. The third-order valence-electron chi connectivity index (χ3n) is 4.24. The summed E-state index contributed by atoms with van der Waals surface area (Å²) in [6.07, 6.45) is 0. The first-order chi connectivity index (χ1) is 12.0. The summed E-state index contributed by atoms with van der Waals surface area (Å²) in [5.41, 5.74) is 1.81. The number of aromatic amines is 1. The molecule has 0 unspecified atom stereocenters. The third kappa shape index (κ3) is 2.51. The number of nitrogens with one attached hydrogen (secondary N) is 1. The molecular weight excluding hydrogens is 336 g/mol. The zero-order valence-electron chi connectivity index (χ0n) is 14.2. The van der Waals surface area contributed by atoms with E-state index < -0.39 is 0 Å². The van der Waals surface area contributed by atoms with E-state index >= 15 is 0 Å². The number of benzene rings is 1. The summed E-state index contributed by atoms with van der Waals surface area (Å²) in [7, 11) is 0. The average Bonchev–Trinajstić information content (AvgIpc) is 3.12. The highest BCUT2D eigenvalue weighted by Gasteiger charge is 2.17. The van der Waals surface area contributed by atoms with Gasteiger partial charge in [-0.2, -0.15) is 4.68 Å². The zero-order chi connectivity index (χ0) is 17.7. The second-order valence-corrected chi connectivity index (χ2v) is 7.59. The summed E-state index contributed by atoms with van der Waals surface area (Å²) < 4.78 is 4.12. The normalized spacial score (nSPS) is 11.8. The highest BCUT2D eigenvalue weighted by atomic mass is 32.1. The monoisotopic (exact) mass is 354 g/mol. The van der Waals surface area contributed by atoms with Gasteiger partial charge in [0.05, 0.1) is 21.1 Å². The molecule has 4 aromatic rings. The van der Waals surface area contributed by atoms with E-state index in [0.29, 0.717) is 34.2 Å². The minimum atomic E-state index is -0.177. The molecule has 0 radical (unpaired) electrons. The number of H-pyrrole nitrogens is 1. The van der Waals surface area contributed by atoms with Crippen molar-refractivity contribution in [3.05, 3.63) is 56.7 Å². The highest BCUT2D eigenvalue weighted by Crippen LogP contribution is 2.24. The highest BCUT2D eigenvalue weighted by molar-refractivity contribution is 7.20. The number of hydrogen-bond donors (Lipinski definition) is 1. The van der Waals surface area contributed by atoms with Crippen LogP contribution in [0.1, 0.15) is 19.5 Å². The molecule has 0 bridgehead atoms.